The van der Waals surface area contributed by atoms with Gasteiger partial charge in [0.25, 0.3) is 0 Å². The maximum absolute atomic E-state index is 11.6. The van der Waals surface area contributed by atoms with E-state index in [1.54, 1.807) is 11.8 Å². The molecule has 1 fully saturated rings. The highest BCUT2D eigenvalue weighted by molar-refractivity contribution is 7.99. The van der Waals surface area contributed by atoms with Crippen molar-refractivity contribution in [1.82, 2.24) is 25.4 Å². The fourth-order valence-electron chi connectivity index (χ4n) is 2.28. The number of hydrogen-bond acceptors (Lipinski definition) is 5. The number of carbonyl (C=O) groups is 1. The van der Waals surface area contributed by atoms with Gasteiger partial charge in [-0.2, -0.15) is 0 Å². The van der Waals surface area contributed by atoms with E-state index in [0.29, 0.717) is 6.54 Å². The fourth-order valence-corrected chi connectivity index (χ4v) is 3.17. The first kappa shape index (κ1) is 11.0. The minimum atomic E-state index is -0.115. The molecule has 2 N–H and O–H groups in total. The zero-order valence-corrected chi connectivity index (χ0v) is 10.5. The van der Waals surface area contributed by atoms with Crippen molar-refractivity contribution in [3.05, 3.63) is 5.82 Å². The third kappa shape index (κ3) is 1.83. The first-order valence-electron chi connectivity index (χ1n) is 5.89. The van der Waals surface area contributed by atoms with Crippen LogP contribution in [0.5, 0.6) is 0 Å². The lowest BCUT2D eigenvalue weighted by Crippen LogP contribution is -2.54. The van der Waals surface area contributed by atoms with E-state index >= 15 is 0 Å². The Balaban J connectivity index is 1.82. The minimum Gasteiger partial charge on any atom is -0.353 e. The summed E-state index contributed by atoms with van der Waals surface area (Å²) in [6.07, 6.45) is 0.790. The highest BCUT2D eigenvalue weighted by atomic mass is 32.2. The number of nitrogens with one attached hydrogen (secondary N) is 2. The largest absolute Gasteiger partial charge is 0.353 e. The molecule has 1 aromatic rings. The van der Waals surface area contributed by atoms with Gasteiger partial charge in [0.2, 0.25) is 5.91 Å². The summed E-state index contributed by atoms with van der Waals surface area (Å²) in [6, 6.07) is -0.0339. The smallest absolute Gasteiger partial charge is 0.237 e. The zero-order chi connectivity index (χ0) is 11.8. The van der Waals surface area contributed by atoms with Crippen molar-refractivity contribution in [1.29, 1.82) is 0 Å². The van der Waals surface area contributed by atoms with Crippen LogP contribution >= 0.6 is 11.8 Å². The SMILES string of the molecule is CCC1NC(c2nnc3n2CCS3)CNC1=O. The van der Waals surface area contributed by atoms with E-state index in [1.807, 2.05) is 6.92 Å². The van der Waals surface area contributed by atoms with Gasteiger partial charge in [-0.3, -0.25) is 10.1 Å². The second kappa shape index (κ2) is 4.30. The molecule has 7 heteroatoms. The predicted molar refractivity (Wildman–Crippen MR) is 63.7 cm³/mol. The Morgan fingerprint density at radius 2 is 2.41 bits per heavy atom. The van der Waals surface area contributed by atoms with Gasteiger partial charge >= 0.3 is 0 Å². The summed E-state index contributed by atoms with van der Waals surface area (Å²) in [5, 5.41) is 15.7. The molecular weight excluding hydrogens is 238 g/mol. The fraction of sp³-hybridized carbons (Fsp3) is 0.700. The number of amides is 1. The van der Waals surface area contributed by atoms with Crippen molar-refractivity contribution >= 4 is 17.7 Å². The number of hydrogen-bond donors (Lipinski definition) is 2. The molecule has 0 bridgehead atoms. The average Bonchev–Trinajstić information content (AvgIpc) is 2.92. The first-order chi connectivity index (χ1) is 8.29. The molecule has 2 aliphatic rings. The van der Waals surface area contributed by atoms with E-state index in [4.69, 9.17) is 0 Å². The van der Waals surface area contributed by atoms with Crippen molar-refractivity contribution in [2.24, 2.45) is 0 Å². The first-order valence-corrected chi connectivity index (χ1v) is 6.88. The summed E-state index contributed by atoms with van der Waals surface area (Å²) in [5.74, 6) is 2.09. The molecule has 1 saturated heterocycles. The van der Waals surface area contributed by atoms with Gasteiger partial charge in [-0.05, 0) is 6.42 Å². The lowest BCUT2D eigenvalue weighted by atomic mass is 10.1. The lowest BCUT2D eigenvalue weighted by Gasteiger charge is -2.29. The number of piperazine rings is 1. The maximum atomic E-state index is 11.6. The molecule has 2 atom stereocenters. The monoisotopic (exact) mass is 253 g/mol. The maximum Gasteiger partial charge on any atom is 0.237 e. The number of nitrogens with zero attached hydrogens (tertiary/aromatic N) is 3. The number of rotatable bonds is 2. The second-order valence-corrected chi connectivity index (χ2v) is 5.33. The molecule has 1 amide bonds. The molecule has 0 aromatic carbocycles. The molecule has 6 nitrogen and oxygen atoms in total. The van der Waals surface area contributed by atoms with E-state index in [0.717, 1.165) is 29.7 Å². The summed E-state index contributed by atoms with van der Waals surface area (Å²) in [6.45, 7) is 3.56. The van der Waals surface area contributed by atoms with Gasteiger partial charge in [0.15, 0.2) is 11.0 Å². The Kier molecular flexibility index (Phi) is 2.79. The molecule has 0 aliphatic carbocycles. The molecule has 0 saturated carbocycles. The lowest BCUT2D eigenvalue weighted by molar-refractivity contribution is -0.125. The minimum absolute atomic E-state index is 0.0811. The second-order valence-electron chi connectivity index (χ2n) is 4.27. The Bertz CT molecular complexity index is 446. The summed E-state index contributed by atoms with van der Waals surface area (Å²) in [4.78, 5) is 11.6. The van der Waals surface area contributed by atoms with E-state index < -0.39 is 0 Å². The average molecular weight is 253 g/mol. The van der Waals surface area contributed by atoms with Crippen LogP contribution in [0.3, 0.4) is 0 Å². The van der Waals surface area contributed by atoms with Crippen LogP contribution in [0.2, 0.25) is 0 Å². The van der Waals surface area contributed by atoms with E-state index in [2.05, 4.69) is 25.4 Å². The molecule has 1 aromatic heterocycles. The van der Waals surface area contributed by atoms with Crippen molar-refractivity contribution in [3.8, 4) is 0 Å². The van der Waals surface area contributed by atoms with Gasteiger partial charge in [-0.15, -0.1) is 10.2 Å². The van der Waals surface area contributed by atoms with E-state index in [-0.39, 0.29) is 18.0 Å². The Morgan fingerprint density at radius 3 is 3.24 bits per heavy atom. The van der Waals surface area contributed by atoms with Gasteiger partial charge in [0.1, 0.15) is 0 Å². The highest BCUT2D eigenvalue weighted by Gasteiger charge is 2.31. The number of fused-ring (bicyclic) bond motifs is 1. The van der Waals surface area contributed by atoms with Crippen molar-refractivity contribution < 1.29 is 4.79 Å². The summed E-state index contributed by atoms with van der Waals surface area (Å²) < 4.78 is 2.15. The standard InChI is InChI=1S/C10H15N5OS/c1-2-6-9(16)11-5-7(12-6)8-13-14-10-15(8)3-4-17-10/h6-7,12H,2-5H2,1H3,(H,11,16). The van der Waals surface area contributed by atoms with Crippen LogP contribution in [-0.4, -0.2) is 39.0 Å². The third-order valence-electron chi connectivity index (χ3n) is 3.21. The van der Waals surface area contributed by atoms with Crippen LogP contribution in [0.15, 0.2) is 5.16 Å². The van der Waals surface area contributed by atoms with Crippen LogP contribution in [0.1, 0.15) is 25.2 Å². The van der Waals surface area contributed by atoms with E-state index in [9.17, 15) is 4.79 Å². The number of carbonyl (C=O) groups excluding carboxylic acids is 1. The van der Waals surface area contributed by atoms with Gasteiger partial charge in [0, 0.05) is 18.8 Å². The van der Waals surface area contributed by atoms with Crippen LogP contribution in [0, 0.1) is 0 Å². The quantitative estimate of drug-likeness (QED) is 0.771. The van der Waals surface area contributed by atoms with Gasteiger partial charge in [-0.1, -0.05) is 18.7 Å². The molecule has 3 rings (SSSR count). The molecule has 2 aliphatic heterocycles. The predicted octanol–water partition coefficient (Wildman–Crippen LogP) is -0.0771. The normalized spacial score (nSPS) is 27.9. The zero-order valence-electron chi connectivity index (χ0n) is 9.64. The van der Waals surface area contributed by atoms with Crippen LogP contribution in [-0.2, 0) is 11.3 Å². The molecule has 2 unspecified atom stereocenters. The molecule has 0 radical (unpaired) electrons. The topological polar surface area (TPSA) is 71.8 Å². The van der Waals surface area contributed by atoms with Crippen LogP contribution < -0.4 is 10.6 Å². The molecule has 0 spiro atoms. The highest BCUT2D eigenvalue weighted by Crippen LogP contribution is 2.27. The Morgan fingerprint density at radius 1 is 1.53 bits per heavy atom. The van der Waals surface area contributed by atoms with Crippen molar-refractivity contribution in [3.63, 3.8) is 0 Å². The molecule has 92 valence electrons. The van der Waals surface area contributed by atoms with Crippen molar-refractivity contribution in [2.45, 2.75) is 37.1 Å². The van der Waals surface area contributed by atoms with E-state index in [1.165, 1.54) is 0 Å². The summed E-state index contributed by atoms with van der Waals surface area (Å²) in [5.41, 5.74) is 0. The molecular formula is C10H15N5OS. The third-order valence-corrected chi connectivity index (χ3v) is 4.16. The van der Waals surface area contributed by atoms with Gasteiger partial charge in [0.05, 0.1) is 12.1 Å². The van der Waals surface area contributed by atoms with Gasteiger partial charge in [-0.25, -0.2) is 0 Å². The molecule has 3 heterocycles. The van der Waals surface area contributed by atoms with Crippen LogP contribution in [0.4, 0.5) is 0 Å². The molecule has 17 heavy (non-hydrogen) atoms. The Hall–Kier alpha value is -1.08. The van der Waals surface area contributed by atoms with Gasteiger partial charge < -0.3 is 9.88 Å². The van der Waals surface area contributed by atoms with Crippen LogP contribution in [0.25, 0.3) is 0 Å². The summed E-state index contributed by atoms with van der Waals surface area (Å²) in [7, 11) is 0. The number of aromatic nitrogens is 3. The Labute approximate surface area is 104 Å². The summed E-state index contributed by atoms with van der Waals surface area (Å²) >= 11 is 1.73. The number of thioether (sulfide) groups is 1. The van der Waals surface area contributed by atoms with Crippen molar-refractivity contribution in [2.75, 3.05) is 12.3 Å².